The van der Waals surface area contributed by atoms with Gasteiger partial charge in [0.15, 0.2) is 5.78 Å². The summed E-state index contributed by atoms with van der Waals surface area (Å²) in [5, 5.41) is 0.895. The predicted octanol–water partition coefficient (Wildman–Crippen LogP) is 2.47. The number of ketones is 1. The number of hydrogen-bond donors (Lipinski definition) is 0. The summed E-state index contributed by atoms with van der Waals surface area (Å²) in [5.41, 5.74) is 1.55. The second-order valence-electron chi connectivity index (χ2n) is 4.15. The van der Waals surface area contributed by atoms with E-state index in [9.17, 15) is 4.79 Å². The molecule has 4 heteroatoms. The van der Waals surface area contributed by atoms with Crippen LogP contribution in [0.2, 0.25) is 0 Å². The van der Waals surface area contributed by atoms with Gasteiger partial charge in [-0.15, -0.1) is 0 Å². The summed E-state index contributed by atoms with van der Waals surface area (Å²) in [6.07, 6.45) is 2.10. The summed E-state index contributed by atoms with van der Waals surface area (Å²) in [6.45, 7) is 1.48. The van der Waals surface area contributed by atoms with Gasteiger partial charge < -0.3 is 9.47 Å². The summed E-state index contributed by atoms with van der Waals surface area (Å²) in [7, 11) is 1.62. The lowest BCUT2D eigenvalue weighted by Crippen LogP contribution is -2.08. The number of fused-ring (bicyclic) bond motifs is 1. The quantitative estimate of drug-likeness (QED) is 0.566. The third-order valence-electron chi connectivity index (χ3n) is 2.85. The smallest absolute Gasteiger partial charge is 0.165 e. The molecule has 0 saturated heterocycles. The number of carbonyl (C=O) groups excluding carboxylic acids is 1. The van der Waals surface area contributed by atoms with Crippen molar-refractivity contribution in [3.63, 3.8) is 0 Å². The Bertz CT molecular complexity index is 549. The average molecular weight is 259 g/mol. The Labute approximate surface area is 112 Å². The van der Waals surface area contributed by atoms with E-state index < -0.39 is 0 Å². The van der Waals surface area contributed by atoms with Gasteiger partial charge in [-0.3, -0.25) is 9.78 Å². The molecule has 0 aliphatic rings. The highest BCUT2D eigenvalue weighted by Gasteiger charge is 2.09. The third-order valence-corrected chi connectivity index (χ3v) is 2.85. The van der Waals surface area contributed by atoms with Crippen molar-refractivity contribution in [3.05, 3.63) is 42.1 Å². The van der Waals surface area contributed by atoms with Crippen LogP contribution in [-0.2, 0) is 9.47 Å². The number of aromatic nitrogens is 1. The Hall–Kier alpha value is -1.78. The first-order valence-electron chi connectivity index (χ1n) is 6.26. The van der Waals surface area contributed by atoms with E-state index in [4.69, 9.17) is 9.47 Å². The van der Waals surface area contributed by atoms with Gasteiger partial charge in [0.25, 0.3) is 0 Å². The molecule has 0 spiro atoms. The molecule has 0 saturated carbocycles. The zero-order chi connectivity index (χ0) is 13.5. The summed E-state index contributed by atoms with van der Waals surface area (Å²) in [5.74, 6) is 0.0796. The summed E-state index contributed by atoms with van der Waals surface area (Å²) >= 11 is 0. The Kier molecular flexibility index (Phi) is 5.01. The maximum Gasteiger partial charge on any atom is 0.165 e. The largest absolute Gasteiger partial charge is 0.382 e. The molecule has 0 bridgehead atoms. The maximum absolute atomic E-state index is 12.2. The molecule has 19 heavy (non-hydrogen) atoms. The molecule has 0 aliphatic heterocycles. The lowest BCUT2D eigenvalue weighted by molar-refractivity contribution is 0.0642. The van der Waals surface area contributed by atoms with E-state index in [1.807, 2.05) is 30.3 Å². The van der Waals surface area contributed by atoms with Crippen LogP contribution in [0.5, 0.6) is 0 Å². The van der Waals surface area contributed by atoms with Crippen LogP contribution in [-0.4, -0.2) is 37.7 Å². The molecule has 0 radical (unpaired) electrons. The van der Waals surface area contributed by atoms with Crippen LogP contribution in [0.15, 0.2) is 36.5 Å². The van der Waals surface area contributed by atoms with Crippen LogP contribution in [0.3, 0.4) is 0 Å². The van der Waals surface area contributed by atoms with Crippen molar-refractivity contribution in [3.8, 4) is 0 Å². The summed E-state index contributed by atoms with van der Waals surface area (Å²) in [6, 6.07) is 9.35. The van der Waals surface area contributed by atoms with E-state index in [1.165, 1.54) is 0 Å². The first-order valence-corrected chi connectivity index (χ1v) is 6.26. The second kappa shape index (κ2) is 6.97. The van der Waals surface area contributed by atoms with Gasteiger partial charge in [-0.05, 0) is 12.1 Å². The van der Waals surface area contributed by atoms with Crippen LogP contribution >= 0.6 is 0 Å². The number of rotatable bonds is 7. The molecular formula is C15H17NO3. The minimum atomic E-state index is 0.0796. The molecule has 0 unspecified atom stereocenters. The van der Waals surface area contributed by atoms with Crippen molar-refractivity contribution in [1.82, 2.24) is 4.98 Å². The lowest BCUT2D eigenvalue weighted by Gasteiger charge is -2.06. The van der Waals surface area contributed by atoms with E-state index in [-0.39, 0.29) is 5.78 Å². The molecule has 0 aliphatic carbocycles. The fraction of sp³-hybridized carbons (Fsp3) is 0.333. The Balaban J connectivity index is 2.01. The third kappa shape index (κ3) is 3.59. The highest BCUT2D eigenvalue weighted by Crippen LogP contribution is 2.17. The van der Waals surface area contributed by atoms with Gasteiger partial charge in [0.05, 0.1) is 25.3 Å². The van der Waals surface area contributed by atoms with Crippen molar-refractivity contribution >= 4 is 16.7 Å². The zero-order valence-electron chi connectivity index (χ0n) is 11.0. The van der Waals surface area contributed by atoms with Crippen molar-refractivity contribution in [2.75, 3.05) is 26.9 Å². The van der Waals surface area contributed by atoms with Crippen molar-refractivity contribution < 1.29 is 14.3 Å². The van der Waals surface area contributed by atoms with Crippen LogP contribution < -0.4 is 0 Å². The van der Waals surface area contributed by atoms with Crippen LogP contribution in [0.25, 0.3) is 10.9 Å². The highest BCUT2D eigenvalue weighted by atomic mass is 16.5. The molecular weight excluding hydrogens is 242 g/mol. The molecule has 4 nitrogen and oxygen atoms in total. The van der Waals surface area contributed by atoms with Crippen molar-refractivity contribution in [1.29, 1.82) is 0 Å². The van der Waals surface area contributed by atoms with Crippen LogP contribution in [0.1, 0.15) is 16.8 Å². The molecule has 100 valence electrons. The number of hydrogen-bond acceptors (Lipinski definition) is 4. The molecule has 1 aromatic carbocycles. The number of ether oxygens (including phenoxy) is 2. The average Bonchev–Trinajstić information content (AvgIpc) is 2.46. The normalized spacial score (nSPS) is 10.8. The number of nitrogens with zero attached hydrogens (tertiary/aromatic N) is 1. The SMILES string of the molecule is COCCOCCC(=O)c1cccc2ncccc12. The van der Waals surface area contributed by atoms with Gasteiger partial charge in [-0.25, -0.2) is 0 Å². The molecule has 0 N–H and O–H groups in total. The molecule has 1 heterocycles. The van der Waals surface area contributed by atoms with Gasteiger partial charge in [-0.2, -0.15) is 0 Å². The fourth-order valence-corrected chi connectivity index (χ4v) is 1.89. The maximum atomic E-state index is 12.2. The first-order chi connectivity index (χ1) is 9.33. The number of carbonyl (C=O) groups is 1. The Morgan fingerprint density at radius 3 is 2.89 bits per heavy atom. The molecule has 0 atom stereocenters. The Morgan fingerprint density at radius 1 is 1.16 bits per heavy atom. The van der Waals surface area contributed by atoms with Gasteiger partial charge in [0.2, 0.25) is 0 Å². The monoisotopic (exact) mass is 259 g/mol. The van der Waals surface area contributed by atoms with E-state index in [1.54, 1.807) is 13.3 Å². The number of pyridine rings is 1. The standard InChI is InChI=1S/C15H17NO3/c1-18-10-11-19-9-7-15(17)13-4-2-6-14-12(13)5-3-8-16-14/h2-6,8H,7,9-11H2,1H3. The van der Waals surface area contributed by atoms with Crippen LogP contribution in [0.4, 0.5) is 0 Å². The lowest BCUT2D eigenvalue weighted by atomic mass is 10.0. The number of benzene rings is 1. The molecule has 0 fully saturated rings. The van der Waals surface area contributed by atoms with Gasteiger partial charge in [0, 0.05) is 30.7 Å². The van der Waals surface area contributed by atoms with E-state index in [2.05, 4.69) is 4.98 Å². The van der Waals surface area contributed by atoms with E-state index >= 15 is 0 Å². The van der Waals surface area contributed by atoms with Gasteiger partial charge in [-0.1, -0.05) is 18.2 Å². The van der Waals surface area contributed by atoms with Gasteiger partial charge >= 0.3 is 0 Å². The zero-order valence-corrected chi connectivity index (χ0v) is 11.0. The van der Waals surface area contributed by atoms with E-state index in [0.29, 0.717) is 31.8 Å². The topological polar surface area (TPSA) is 48.4 Å². The predicted molar refractivity (Wildman–Crippen MR) is 73.4 cm³/mol. The minimum absolute atomic E-state index is 0.0796. The van der Waals surface area contributed by atoms with Crippen molar-refractivity contribution in [2.45, 2.75) is 6.42 Å². The molecule has 0 amide bonds. The number of Topliss-reactive ketones (excluding diaryl/α,β-unsaturated/α-hetero) is 1. The summed E-state index contributed by atoms with van der Waals surface area (Å²) < 4.78 is 10.2. The second-order valence-corrected chi connectivity index (χ2v) is 4.15. The minimum Gasteiger partial charge on any atom is -0.382 e. The van der Waals surface area contributed by atoms with Gasteiger partial charge in [0.1, 0.15) is 0 Å². The van der Waals surface area contributed by atoms with Crippen molar-refractivity contribution in [2.24, 2.45) is 0 Å². The molecule has 1 aromatic heterocycles. The molecule has 2 rings (SSSR count). The number of methoxy groups -OCH3 is 1. The van der Waals surface area contributed by atoms with E-state index in [0.717, 1.165) is 10.9 Å². The fourth-order valence-electron chi connectivity index (χ4n) is 1.89. The van der Waals surface area contributed by atoms with Crippen LogP contribution in [0, 0.1) is 0 Å². The molecule has 2 aromatic rings. The summed E-state index contributed by atoms with van der Waals surface area (Å²) in [4.78, 5) is 16.4. The first kappa shape index (κ1) is 13.6. The highest BCUT2D eigenvalue weighted by molar-refractivity contribution is 6.07. The Morgan fingerprint density at radius 2 is 2.05 bits per heavy atom.